The summed E-state index contributed by atoms with van der Waals surface area (Å²) in [5, 5.41) is 13.4. The zero-order valence-corrected chi connectivity index (χ0v) is 32.3. The van der Waals surface area contributed by atoms with Gasteiger partial charge in [-0.05, 0) is 96.8 Å². The number of carbonyl (C=O) groups is 3. The average Bonchev–Trinajstić information content (AvgIpc) is 3.94. The number of hydrogen-bond donors (Lipinski definition) is 2. The third kappa shape index (κ3) is 7.29. The number of nitrogens with zero attached hydrogens (tertiary/aromatic N) is 3. The van der Waals surface area contributed by atoms with Gasteiger partial charge in [0, 0.05) is 71.4 Å². The molecular weight excluding hydrogens is 784 g/mol. The molecule has 2 N–H and O–H groups in total. The van der Waals surface area contributed by atoms with Crippen LogP contribution in [0, 0.1) is 0 Å². The summed E-state index contributed by atoms with van der Waals surface area (Å²) < 4.78 is 20.7. The molecule has 4 aliphatic rings. The zero-order chi connectivity index (χ0) is 37.6. The largest absolute Gasteiger partial charge is 0.508 e. The number of halogens is 1. The number of rotatable bonds is 12. The van der Waals surface area contributed by atoms with E-state index >= 15 is 0 Å². The van der Waals surface area contributed by atoms with Crippen molar-refractivity contribution in [3.8, 4) is 39.2 Å². The lowest BCUT2D eigenvalue weighted by Crippen LogP contribution is -2.52. The van der Waals surface area contributed by atoms with Crippen LogP contribution >= 0.6 is 27.3 Å². The molecule has 0 radical (unpaired) electrons. The Morgan fingerprint density at radius 1 is 0.818 bits per heavy atom. The summed E-state index contributed by atoms with van der Waals surface area (Å²) in [6.45, 7) is 5.17. The summed E-state index contributed by atoms with van der Waals surface area (Å²) in [5.74, 6) is 2.33. The predicted molar refractivity (Wildman–Crippen MR) is 212 cm³/mol. The average molecular weight is 824 g/mol. The Morgan fingerprint density at radius 2 is 1.51 bits per heavy atom. The predicted octanol–water partition coefficient (Wildman–Crippen LogP) is 6.81. The van der Waals surface area contributed by atoms with Crippen molar-refractivity contribution in [2.24, 2.45) is 0 Å². The highest BCUT2D eigenvalue weighted by Crippen LogP contribution is 2.47. The van der Waals surface area contributed by atoms with Crippen LogP contribution in [0.3, 0.4) is 0 Å². The number of piperazine rings is 1. The van der Waals surface area contributed by atoms with Crippen LogP contribution < -0.4 is 19.5 Å². The number of fused-ring (bicyclic) bond motifs is 4. The van der Waals surface area contributed by atoms with E-state index in [1.54, 1.807) is 34.4 Å². The number of nitrogens with one attached hydrogen (secondary N) is 1. The zero-order valence-electron chi connectivity index (χ0n) is 29.9. The fraction of sp³-hybridized carbons (Fsp3) is 0.310. The summed E-state index contributed by atoms with van der Waals surface area (Å²) in [4.78, 5) is 44.5. The summed E-state index contributed by atoms with van der Waals surface area (Å²) in [6, 6.07) is 27.1. The minimum Gasteiger partial charge on any atom is -0.508 e. The molecule has 11 nitrogen and oxygen atoms in total. The Morgan fingerprint density at radius 3 is 2.22 bits per heavy atom. The van der Waals surface area contributed by atoms with Gasteiger partial charge in [-0.25, -0.2) is 0 Å². The molecule has 3 saturated heterocycles. The van der Waals surface area contributed by atoms with Gasteiger partial charge in [-0.15, -0.1) is 11.3 Å². The van der Waals surface area contributed by atoms with Crippen LogP contribution in [0.1, 0.15) is 35.2 Å². The highest BCUT2D eigenvalue weighted by atomic mass is 79.9. The number of phenols is 1. The third-order valence-electron chi connectivity index (χ3n) is 11.0. The van der Waals surface area contributed by atoms with Crippen LogP contribution in [0.15, 0.2) is 89.4 Å². The van der Waals surface area contributed by atoms with Gasteiger partial charge in [0.2, 0.25) is 11.8 Å². The summed E-state index contributed by atoms with van der Waals surface area (Å²) in [6.07, 6.45) is 1.72. The fourth-order valence-electron chi connectivity index (χ4n) is 8.26. The van der Waals surface area contributed by atoms with E-state index in [-0.39, 0.29) is 24.0 Å². The molecule has 4 aliphatic heterocycles. The van der Waals surface area contributed by atoms with Crippen molar-refractivity contribution in [2.45, 2.75) is 43.9 Å². The lowest BCUT2D eigenvalue weighted by molar-refractivity contribution is -0.136. The summed E-state index contributed by atoms with van der Waals surface area (Å²) in [5.41, 5.74) is 2.47. The molecule has 0 aliphatic carbocycles. The van der Waals surface area contributed by atoms with E-state index in [0.29, 0.717) is 55.3 Å². The lowest BCUT2D eigenvalue weighted by Gasteiger charge is -2.34. The van der Waals surface area contributed by atoms with Crippen molar-refractivity contribution in [2.75, 3.05) is 39.4 Å². The molecule has 13 heteroatoms. The molecule has 4 aromatic carbocycles. The van der Waals surface area contributed by atoms with Crippen molar-refractivity contribution < 1.29 is 33.7 Å². The van der Waals surface area contributed by atoms with E-state index < -0.39 is 11.9 Å². The highest BCUT2D eigenvalue weighted by Gasteiger charge is 2.43. The Labute approximate surface area is 330 Å². The van der Waals surface area contributed by atoms with Gasteiger partial charge in [-0.1, -0.05) is 28.1 Å². The molecule has 0 unspecified atom stereocenters. The van der Waals surface area contributed by atoms with E-state index in [4.69, 9.17) is 14.2 Å². The van der Waals surface area contributed by atoms with Gasteiger partial charge in [0.15, 0.2) is 5.75 Å². The smallest absolute Gasteiger partial charge is 0.255 e. The van der Waals surface area contributed by atoms with Gasteiger partial charge in [0.1, 0.15) is 42.3 Å². The van der Waals surface area contributed by atoms with Crippen molar-refractivity contribution in [3.63, 3.8) is 0 Å². The van der Waals surface area contributed by atoms with E-state index in [2.05, 4.69) is 43.2 Å². The van der Waals surface area contributed by atoms with E-state index in [0.717, 1.165) is 74.7 Å². The SMILES string of the molecule is O=C1CC[C@H](N2Cc3cc(OCCN4C[C@H]5C[C@@H]4CN5CCOc4ccc(Oc5c(-c6ccc(Br)cc6)sc6cc(O)ccc56)cc4)ccc3C2=O)C(=O)N1. The van der Waals surface area contributed by atoms with Crippen molar-refractivity contribution in [1.29, 1.82) is 0 Å². The molecule has 3 fully saturated rings. The first-order chi connectivity index (χ1) is 26.8. The van der Waals surface area contributed by atoms with Crippen molar-refractivity contribution in [3.05, 3.63) is 101 Å². The van der Waals surface area contributed by atoms with Gasteiger partial charge in [-0.2, -0.15) is 0 Å². The molecule has 3 atom stereocenters. The standard InChI is InChI=1S/C42H39BrN4O7S/c43-27-3-1-25(2-4-27)40-39(35-11-5-30(48)21-37(35)55-40)54-32-8-6-31(7-9-32)52-17-15-45-23-29-20-28(45)24-46(29)16-18-53-33-10-12-34-26(19-33)22-47(42(34)51)36-13-14-38(49)44-41(36)50/h1-12,19,21,28-29,36,48H,13-18,20,22-24H2,(H,44,49,50)/t28-,29-,36+/m1/s1. The lowest BCUT2D eigenvalue weighted by atomic mass is 10.0. The highest BCUT2D eigenvalue weighted by molar-refractivity contribution is 9.10. The number of likely N-dealkylation sites (tertiary alicyclic amines) is 2. The Balaban J connectivity index is 0.733. The van der Waals surface area contributed by atoms with Gasteiger partial charge in [0.05, 0.1) is 4.88 Å². The normalized spacial score (nSPS) is 21.0. The van der Waals surface area contributed by atoms with Gasteiger partial charge in [-0.3, -0.25) is 29.5 Å². The minimum atomic E-state index is -0.625. The summed E-state index contributed by atoms with van der Waals surface area (Å²) >= 11 is 5.11. The molecule has 5 heterocycles. The maximum Gasteiger partial charge on any atom is 0.255 e. The maximum absolute atomic E-state index is 13.0. The van der Waals surface area contributed by atoms with Crippen LogP contribution in [-0.2, 0) is 16.1 Å². The van der Waals surface area contributed by atoms with Crippen molar-refractivity contribution >= 4 is 55.1 Å². The van der Waals surface area contributed by atoms with Gasteiger partial charge in [0.25, 0.3) is 5.91 Å². The second kappa shape index (κ2) is 14.9. The quantitative estimate of drug-likeness (QED) is 0.131. The molecule has 55 heavy (non-hydrogen) atoms. The second-order valence-electron chi connectivity index (χ2n) is 14.5. The maximum atomic E-state index is 13.0. The Hall–Kier alpha value is -4.95. The molecular formula is C42H39BrN4O7S. The molecule has 282 valence electrons. The number of phenolic OH excluding ortho intramolecular Hbond substituents is 1. The fourth-order valence-corrected chi connectivity index (χ4v) is 9.69. The van der Waals surface area contributed by atoms with E-state index in [1.165, 1.54) is 0 Å². The minimum absolute atomic E-state index is 0.180. The van der Waals surface area contributed by atoms with Gasteiger partial charge < -0.3 is 24.2 Å². The van der Waals surface area contributed by atoms with E-state index in [9.17, 15) is 19.5 Å². The molecule has 0 saturated carbocycles. The third-order valence-corrected chi connectivity index (χ3v) is 12.7. The number of aromatic hydroxyl groups is 1. The first-order valence-electron chi connectivity index (χ1n) is 18.6. The summed E-state index contributed by atoms with van der Waals surface area (Å²) in [7, 11) is 0. The topological polar surface area (TPSA) is 121 Å². The number of amides is 3. The number of benzene rings is 4. The molecule has 2 bridgehead atoms. The monoisotopic (exact) mass is 822 g/mol. The molecule has 3 amide bonds. The van der Waals surface area contributed by atoms with Crippen LogP contribution in [0.2, 0.25) is 0 Å². The number of thiophene rings is 1. The Bertz CT molecular complexity index is 2280. The van der Waals surface area contributed by atoms with E-state index in [1.807, 2.05) is 54.6 Å². The van der Waals surface area contributed by atoms with Crippen LogP contribution in [0.25, 0.3) is 20.5 Å². The molecule has 5 aromatic rings. The van der Waals surface area contributed by atoms with Gasteiger partial charge >= 0.3 is 0 Å². The number of imide groups is 1. The van der Waals surface area contributed by atoms with Crippen LogP contribution in [0.5, 0.6) is 28.7 Å². The first-order valence-corrected chi connectivity index (χ1v) is 20.2. The van der Waals surface area contributed by atoms with Crippen LogP contribution in [0.4, 0.5) is 0 Å². The number of piperidine rings is 1. The number of hydrogen-bond acceptors (Lipinski definition) is 10. The Kier molecular flexibility index (Phi) is 9.71. The number of carbonyl (C=O) groups excluding carboxylic acids is 3. The molecule has 0 spiro atoms. The molecule has 1 aromatic heterocycles. The second-order valence-corrected chi connectivity index (χ2v) is 16.4. The van der Waals surface area contributed by atoms with Crippen molar-refractivity contribution in [1.82, 2.24) is 20.0 Å². The van der Waals surface area contributed by atoms with Crippen LogP contribution in [-0.4, -0.2) is 95.0 Å². The molecule has 9 rings (SSSR count). The first kappa shape index (κ1) is 35.7. The number of ether oxygens (including phenoxy) is 3.